The number of halogens is 1. The maximum absolute atomic E-state index is 12.0. The standard InChI is InChI=1S/C20H18BrN3OS/c1-14-2-4-15(5-3-14)12-22-19(25)13-26-20-11-10-18(23-24-20)16-6-8-17(21)9-7-16/h2-11H,12-13H2,1H3,(H,22,25). The first-order chi connectivity index (χ1) is 12.6. The molecule has 1 heterocycles. The van der Waals surface area contributed by atoms with Crippen molar-refractivity contribution in [3.05, 3.63) is 76.3 Å². The van der Waals surface area contributed by atoms with Gasteiger partial charge in [0.2, 0.25) is 5.91 Å². The van der Waals surface area contributed by atoms with E-state index in [0.717, 1.165) is 26.3 Å². The Kier molecular flexibility index (Phi) is 6.41. The Hall–Kier alpha value is -2.18. The maximum atomic E-state index is 12.0. The number of carbonyl (C=O) groups excluding carboxylic acids is 1. The number of nitrogens with zero attached hydrogens (tertiary/aromatic N) is 2. The molecule has 6 heteroatoms. The number of benzene rings is 2. The van der Waals surface area contributed by atoms with Gasteiger partial charge in [-0.3, -0.25) is 4.79 Å². The van der Waals surface area contributed by atoms with E-state index in [4.69, 9.17) is 0 Å². The van der Waals surface area contributed by atoms with Crippen LogP contribution in [0, 0.1) is 6.92 Å². The number of hydrogen-bond acceptors (Lipinski definition) is 4. The lowest BCUT2D eigenvalue weighted by Crippen LogP contribution is -2.24. The molecule has 0 bridgehead atoms. The molecule has 3 rings (SSSR count). The lowest BCUT2D eigenvalue weighted by atomic mass is 10.1. The first kappa shape index (κ1) is 18.6. The van der Waals surface area contributed by atoms with Crippen LogP contribution in [0.2, 0.25) is 0 Å². The molecule has 0 aliphatic carbocycles. The highest BCUT2D eigenvalue weighted by atomic mass is 79.9. The average Bonchev–Trinajstić information content (AvgIpc) is 2.67. The van der Waals surface area contributed by atoms with Crippen molar-refractivity contribution in [1.29, 1.82) is 0 Å². The van der Waals surface area contributed by atoms with Gasteiger partial charge in [0.15, 0.2) is 0 Å². The van der Waals surface area contributed by atoms with Crippen LogP contribution in [0.4, 0.5) is 0 Å². The van der Waals surface area contributed by atoms with E-state index in [0.29, 0.717) is 12.3 Å². The molecule has 0 aliphatic rings. The minimum atomic E-state index is -0.0191. The molecule has 0 atom stereocenters. The fourth-order valence-corrected chi connectivity index (χ4v) is 3.18. The topological polar surface area (TPSA) is 54.9 Å². The van der Waals surface area contributed by atoms with Crippen LogP contribution in [0.25, 0.3) is 11.3 Å². The van der Waals surface area contributed by atoms with Crippen molar-refractivity contribution >= 4 is 33.6 Å². The first-order valence-corrected chi connectivity index (χ1v) is 9.93. The second-order valence-corrected chi connectivity index (χ2v) is 7.73. The largest absolute Gasteiger partial charge is 0.351 e. The zero-order valence-electron chi connectivity index (χ0n) is 14.3. The third-order valence-electron chi connectivity index (χ3n) is 3.74. The van der Waals surface area contributed by atoms with E-state index < -0.39 is 0 Å². The van der Waals surface area contributed by atoms with Crippen molar-refractivity contribution in [2.45, 2.75) is 18.5 Å². The monoisotopic (exact) mass is 427 g/mol. The van der Waals surface area contributed by atoms with Gasteiger partial charge in [0.25, 0.3) is 0 Å². The van der Waals surface area contributed by atoms with E-state index in [-0.39, 0.29) is 5.91 Å². The van der Waals surface area contributed by atoms with E-state index in [1.807, 2.05) is 67.6 Å². The van der Waals surface area contributed by atoms with Crippen molar-refractivity contribution in [3.8, 4) is 11.3 Å². The summed E-state index contributed by atoms with van der Waals surface area (Å²) in [6.07, 6.45) is 0. The number of thioether (sulfide) groups is 1. The van der Waals surface area contributed by atoms with Gasteiger partial charge in [0.05, 0.1) is 11.4 Å². The van der Waals surface area contributed by atoms with Gasteiger partial charge in [-0.05, 0) is 36.8 Å². The molecular formula is C20H18BrN3OS. The van der Waals surface area contributed by atoms with Crippen LogP contribution in [0.15, 0.2) is 70.2 Å². The van der Waals surface area contributed by atoms with Crippen molar-refractivity contribution in [2.24, 2.45) is 0 Å². The Morgan fingerprint density at radius 1 is 1.00 bits per heavy atom. The lowest BCUT2D eigenvalue weighted by Gasteiger charge is -2.06. The molecule has 1 N–H and O–H groups in total. The Bertz CT molecular complexity index is 865. The second-order valence-electron chi connectivity index (χ2n) is 5.81. The molecule has 132 valence electrons. The Labute approximate surface area is 165 Å². The molecule has 1 aromatic heterocycles. The van der Waals surface area contributed by atoms with Gasteiger partial charge in [-0.15, -0.1) is 10.2 Å². The smallest absolute Gasteiger partial charge is 0.230 e. The molecule has 2 aromatic carbocycles. The molecule has 0 saturated heterocycles. The SMILES string of the molecule is Cc1ccc(CNC(=O)CSc2ccc(-c3ccc(Br)cc3)nn2)cc1. The van der Waals surface area contributed by atoms with Crippen LogP contribution in [-0.2, 0) is 11.3 Å². The summed E-state index contributed by atoms with van der Waals surface area (Å²) in [5.41, 5.74) is 4.12. The predicted molar refractivity (Wildman–Crippen MR) is 109 cm³/mol. The fraction of sp³-hybridized carbons (Fsp3) is 0.150. The Balaban J connectivity index is 1.49. The molecule has 0 fully saturated rings. The van der Waals surface area contributed by atoms with Crippen LogP contribution in [-0.4, -0.2) is 21.9 Å². The van der Waals surface area contributed by atoms with Crippen molar-refractivity contribution in [1.82, 2.24) is 15.5 Å². The Morgan fingerprint density at radius 2 is 1.73 bits per heavy atom. The van der Waals surface area contributed by atoms with Crippen molar-refractivity contribution < 1.29 is 4.79 Å². The second kappa shape index (κ2) is 8.96. The van der Waals surface area contributed by atoms with Gasteiger partial charge in [0, 0.05) is 16.6 Å². The van der Waals surface area contributed by atoms with Crippen LogP contribution < -0.4 is 5.32 Å². The molecule has 26 heavy (non-hydrogen) atoms. The van der Waals surface area contributed by atoms with Crippen molar-refractivity contribution in [3.63, 3.8) is 0 Å². The maximum Gasteiger partial charge on any atom is 0.230 e. The van der Waals surface area contributed by atoms with Crippen LogP contribution >= 0.6 is 27.7 Å². The highest BCUT2D eigenvalue weighted by Gasteiger charge is 2.06. The lowest BCUT2D eigenvalue weighted by molar-refractivity contribution is -0.118. The van der Waals surface area contributed by atoms with Gasteiger partial charge in [0.1, 0.15) is 5.03 Å². The van der Waals surface area contributed by atoms with Crippen LogP contribution in [0.1, 0.15) is 11.1 Å². The summed E-state index contributed by atoms with van der Waals surface area (Å²) in [5.74, 6) is 0.299. The van der Waals surface area contributed by atoms with E-state index in [1.165, 1.54) is 17.3 Å². The number of aryl methyl sites for hydroxylation is 1. The Morgan fingerprint density at radius 3 is 2.38 bits per heavy atom. The molecule has 4 nitrogen and oxygen atoms in total. The summed E-state index contributed by atoms with van der Waals surface area (Å²) in [6, 6.07) is 19.8. The zero-order valence-corrected chi connectivity index (χ0v) is 16.7. The molecule has 1 amide bonds. The summed E-state index contributed by atoms with van der Waals surface area (Å²) in [4.78, 5) is 12.0. The third kappa shape index (κ3) is 5.41. The zero-order chi connectivity index (χ0) is 18.4. The van der Waals surface area contributed by atoms with E-state index >= 15 is 0 Å². The predicted octanol–water partition coefficient (Wildman–Crippen LogP) is 4.62. The van der Waals surface area contributed by atoms with Crippen LogP contribution in [0.3, 0.4) is 0 Å². The normalized spacial score (nSPS) is 10.5. The molecule has 0 unspecified atom stereocenters. The first-order valence-electron chi connectivity index (χ1n) is 8.15. The van der Waals surface area contributed by atoms with Gasteiger partial charge < -0.3 is 5.32 Å². The minimum Gasteiger partial charge on any atom is -0.351 e. The van der Waals surface area contributed by atoms with E-state index in [9.17, 15) is 4.79 Å². The number of rotatable bonds is 6. The molecule has 0 spiro atoms. The summed E-state index contributed by atoms with van der Waals surface area (Å²) in [5, 5.41) is 12.1. The summed E-state index contributed by atoms with van der Waals surface area (Å²) >= 11 is 4.80. The highest BCUT2D eigenvalue weighted by molar-refractivity contribution is 9.10. The van der Waals surface area contributed by atoms with E-state index in [2.05, 4.69) is 31.4 Å². The number of hydrogen-bond donors (Lipinski definition) is 1. The van der Waals surface area contributed by atoms with Crippen LogP contribution in [0.5, 0.6) is 0 Å². The van der Waals surface area contributed by atoms with Gasteiger partial charge in [-0.2, -0.15) is 0 Å². The fourth-order valence-electron chi connectivity index (χ4n) is 2.27. The number of carbonyl (C=O) groups is 1. The molecule has 3 aromatic rings. The van der Waals surface area contributed by atoms with Gasteiger partial charge in [-0.25, -0.2) is 0 Å². The minimum absolute atomic E-state index is 0.0191. The molecule has 0 aliphatic heterocycles. The number of amides is 1. The van der Waals surface area contributed by atoms with E-state index in [1.54, 1.807) is 0 Å². The van der Waals surface area contributed by atoms with Crippen molar-refractivity contribution in [2.75, 3.05) is 5.75 Å². The number of nitrogens with one attached hydrogen (secondary N) is 1. The van der Waals surface area contributed by atoms with Gasteiger partial charge >= 0.3 is 0 Å². The highest BCUT2D eigenvalue weighted by Crippen LogP contribution is 2.21. The summed E-state index contributed by atoms with van der Waals surface area (Å²) in [7, 11) is 0. The third-order valence-corrected chi connectivity index (χ3v) is 5.19. The summed E-state index contributed by atoms with van der Waals surface area (Å²) in [6.45, 7) is 2.58. The molecule has 0 saturated carbocycles. The van der Waals surface area contributed by atoms with Gasteiger partial charge in [-0.1, -0.05) is 69.7 Å². The quantitative estimate of drug-likeness (QED) is 0.582. The molecule has 0 radical (unpaired) electrons. The number of aromatic nitrogens is 2. The molecular weight excluding hydrogens is 410 g/mol. The average molecular weight is 428 g/mol. The summed E-state index contributed by atoms with van der Waals surface area (Å²) < 4.78 is 1.03.